The van der Waals surface area contributed by atoms with Crippen molar-refractivity contribution in [2.75, 3.05) is 7.05 Å². The molecular weight excluding hydrogens is 387 g/mol. The summed E-state index contributed by atoms with van der Waals surface area (Å²) >= 11 is 7.43. The van der Waals surface area contributed by atoms with Crippen LogP contribution >= 0.6 is 39.9 Å². The summed E-state index contributed by atoms with van der Waals surface area (Å²) in [5.41, 5.74) is 2.81. The summed E-state index contributed by atoms with van der Waals surface area (Å²) in [4.78, 5) is 5.18. The molecule has 0 aliphatic carbocycles. The summed E-state index contributed by atoms with van der Waals surface area (Å²) in [6, 6.07) is 14.7. The van der Waals surface area contributed by atoms with E-state index >= 15 is 0 Å². The van der Waals surface area contributed by atoms with E-state index in [-0.39, 0.29) is 22.0 Å². The number of rotatable bonds is 2. The highest BCUT2D eigenvalue weighted by atomic mass is 79.9. The third-order valence-electron chi connectivity index (χ3n) is 3.13. The van der Waals surface area contributed by atoms with Crippen molar-refractivity contribution in [3.05, 3.63) is 69.6 Å². The molecule has 0 amide bonds. The third-order valence-corrected chi connectivity index (χ3v) is 4.34. The van der Waals surface area contributed by atoms with E-state index in [4.69, 9.17) is 11.6 Å². The minimum atomic E-state index is -0.415. The monoisotopic (exact) mass is 398 g/mol. The number of thiazole rings is 1. The van der Waals surface area contributed by atoms with Gasteiger partial charge in [-0.3, -0.25) is 9.56 Å². The van der Waals surface area contributed by atoms with Gasteiger partial charge in [-0.15, -0.1) is 28.3 Å². The molecule has 0 unspecified atom stereocenters. The van der Waals surface area contributed by atoms with Gasteiger partial charge in [0.15, 0.2) is 4.80 Å². The van der Waals surface area contributed by atoms with E-state index in [9.17, 15) is 4.39 Å². The van der Waals surface area contributed by atoms with Crippen LogP contribution in [0.4, 0.5) is 4.39 Å². The van der Waals surface area contributed by atoms with Crippen LogP contribution in [0.1, 0.15) is 0 Å². The molecule has 1 aromatic heterocycles. The zero-order valence-electron chi connectivity index (χ0n) is 11.7. The summed E-state index contributed by atoms with van der Waals surface area (Å²) in [5, 5.41) is 2.12. The van der Waals surface area contributed by atoms with Crippen molar-refractivity contribution < 1.29 is 4.39 Å². The van der Waals surface area contributed by atoms with Gasteiger partial charge in [0.2, 0.25) is 0 Å². The minimum absolute atomic E-state index is 0. The van der Waals surface area contributed by atoms with Crippen LogP contribution in [0, 0.1) is 5.82 Å². The van der Waals surface area contributed by atoms with E-state index in [1.807, 2.05) is 40.3 Å². The summed E-state index contributed by atoms with van der Waals surface area (Å²) in [5.74, 6) is -0.415. The largest absolute Gasteiger partial charge is 0.285 e. The van der Waals surface area contributed by atoms with Crippen molar-refractivity contribution in [1.82, 2.24) is 4.57 Å². The van der Waals surface area contributed by atoms with E-state index < -0.39 is 5.82 Å². The van der Waals surface area contributed by atoms with Crippen molar-refractivity contribution in [3.8, 4) is 16.9 Å². The lowest BCUT2D eigenvalue weighted by Gasteiger charge is -2.09. The fourth-order valence-electron chi connectivity index (χ4n) is 2.15. The van der Waals surface area contributed by atoms with Crippen LogP contribution in [0.3, 0.4) is 0 Å². The van der Waals surface area contributed by atoms with Crippen molar-refractivity contribution in [2.24, 2.45) is 4.99 Å². The van der Waals surface area contributed by atoms with Gasteiger partial charge in [0.1, 0.15) is 5.82 Å². The van der Waals surface area contributed by atoms with Gasteiger partial charge >= 0.3 is 0 Å². The number of hydrogen-bond donors (Lipinski definition) is 0. The van der Waals surface area contributed by atoms with Gasteiger partial charge < -0.3 is 0 Å². The maximum absolute atomic E-state index is 13.4. The predicted molar refractivity (Wildman–Crippen MR) is 95.9 cm³/mol. The van der Waals surface area contributed by atoms with Crippen LogP contribution < -0.4 is 4.80 Å². The Morgan fingerprint density at radius 1 is 1.14 bits per heavy atom. The van der Waals surface area contributed by atoms with Gasteiger partial charge in [-0.1, -0.05) is 29.8 Å². The maximum Gasteiger partial charge on any atom is 0.189 e. The molecule has 2 aromatic carbocycles. The van der Waals surface area contributed by atoms with Crippen molar-refractivity contribution >= 4 is 39.9 Å². The summed E-state index contributed by atoms with van der Waals surface area (Å²) < 4.78 is 15.4. The number of benzene rings is 2. The van der Waals surface area contributed by atoms with E-state index in [0.29, 0.717) is 0 Å². The van der Waals surface area contributed by atoms with Crippen molar-refractivity contribution in [1.29, 1.82) is 0 Å². The highest BCUT2D eigenvalue weighted by molar-refractivity contribution is 8.93. The molecule has 0 saturated heterocycles. The molecule has 3 aromatic rings. The molecule has 0 fully saturated rings. The van der Waals surface area contributed by atoms with Gasteiger partial charge in [0.05, 0.1) is 10.7 Å². The van der Waals surface area contributed by atoms with E-state index in [1.54, 1.807) is 19.2 Å². The van der Waals surface area contributed by atoms with Gasteiger partial charge in [-0.2, -0.15) is 0 Å². The molecule has 22 heavy (non-hydrogen) atoms. The predicted octanol–water partition coefficient (Wildman–Crippen LogP) is 5.11. The molecule has 3 rings (SSSR count). The zero-order valence-corrected chi connectivity index (χ0v) is 14.9. The lowest BCUT2D eigenvalue weighted by Crippen LogP contribution is -2.13. The zero-order chi connectivity index (χ0) is 14.8. The van der Waals surface area contributed by atoms with Crippen molar-refractivity contribution in [2.45, 2.75) is 0 Å². The fraction of sp³-hybridized carbons (Fsp3) is 0.0625. The van der Waals surface area contributed by atoms with E-state index in [2.05, 4.69) is 4.99 Å². The number of hydrogen-bond acceptors (Lipinski definition) is 2. The Morgan fingerprint density at radius 2 is 1.86 bits per heavy atom. The quantitative estimate of drug-likeness (QED) is 0.570. The Balaban J connectivity index is 0.00000176. The van der Waals surface area contributed by atoms with Gasteiger partial charge in [-0.25, -0.2) is 4.39 Å². The molecule has 1 heterocycles. The molecule has 0 radical (unpaired) electrons. The normalized spacial score (nSPS) is 11.3. The first kappa shape index (κ1) is 16.9. The SMILES string of the molecule is Br.CN=c1scc(-c2ccc(F)c(Cl)c2)n1-c1ccccc1. The number of aromatic nitrogens is 1. The number of para-hydroxylation sites is 1. The fourth-order valence-corrected chi connectivity index (χ4v) is 3.20. The Kier molecular flexibility index (Phi) is 5.56. The topological polar surface area (TPSA) is 17.3 Å². The Bertz CT molecular complexity index is 843. The Morgan fingerprint density at radius 3 is 2.50 bits per heavy atom. The molecule has 6 heteroatoms. The average Bonchev–Trinajstić information content (AvgIpc) is 2.95. The number of nitrogens with zero attached hydrogens (tertiary/aromatic N) is 2. The Labute approximate surface area is 147 Å². The molecule has 0 aliphatic rings. The third kappa shape index (κ3) is 3.16. The second kappa shape index (κ2) is 7.22. The lowest BCUT2D eigenvalue weighted by atomic mass is 10.1. The van der Waals surface area contributed by atoms with Crippen LogP contribution in [0.5, 0.6) is 0 Å². The van der Waals surface area contributed by atoms with Crippen LogP contribution in [-0.2, 0) is 0 Å². The first-order valence-electron chi connectivity index (χ1n) is 6.35. The molecule has 0 N–H and O–H groups in total. The molecule has 0 spiro atoms. The van der Waals surface area contributed by atoms with Crippen LogP contribution in [-0.4, -0.2) is 11.6 Å². The maximum atomic E-state index is 13.4. The molecule has 2 nitrogen and oxygen atoms in total. The molecule has 0 bridgehead atoms. The Hall–Kier alpha value is -1.43. The van der Waals surface area contributed by atoms with Gasteiger partial charge in [0, 0.05) is 23.7 Å². The average molecular weight is 400 g/mol. The first-order chi connectivity index (χ1) is 10.2. The first-order valence-corrected chi connectivity index (χ1v) is 7.60. The van der Waals surface area contributed by atoms with Crippen LogP contribution in [0.2, 0.25) is 5.02 Å². The summed E-state index contributed by atoms with van der Waals surface area (Å²) in [6.45, 7) is 0. The molecule has 0 atom stereocenters. The van der Waals surface area contributed by atoms with Crippen LogP contribution in [0.15, 0.2) is 58.9 Å². The molecule has 0 aliphatic heterocycles. The molecular formula is C16H13BrClFN2S. The van der Waals surface area contributed by atoms with Crippen LogP contribution in [0.25, 0.3) is 16.9 Å². The second-order valence-electron chi connectivity index (χ2n) is 4.43. The molecule has 0 saturated carbocycles. The van der Waals surface area contributed by atoms with Gasteiger partial charge in [-0.05, 0) is 30.3 Å². The lowest BCUT2D eigenvalue weighted by molar-refractivity contribution is 0.628. The number of halogens is 3. The van der Waals surface area contributed by atoms with Gasteiger partial charge in [0.25, 0.3) is 0 Å². The van der Waals surface area contributed by atoms with Crippen molar-refractivity contribution in [3.63, 3.8) is 0 Å². The summed E-state index contributed by atoms with van der Waals surface area (Å²) in [7, 11) is 1.76. The second-order valence-corrected chi connectivity index (χ2v) is 5.67. The summed E-state index contributed by atoms with van der Waals surface area (Å²) in [6.07, 6.45) is 0. The highest BCUT2D eigenvalue weighted by Gasteiger charge is 2.11. The highest BCUT2D eigenvalue weighted by Crippen LogP contribution is 2.27. The van der Waals surface area contributed by atoms with E-state index in [0.717, 1.165) is 21.7 Å². The minimum Gasteiger partial charge on any atom is -0.285 e. The smallest absolute Gasteiger partial charge is 0.189 e. The standard InChI is InChI=1S/C16H12ClFN2S.BrH/c1-19-16-20(12-5-3-2-4-6-12)15(10-21-16)11-7-8-14(18)13(17)9-11;/h2-10H,1H3;1H. The molecule has 114 valence electrons. The van der Waals surface area contributed by atoms with E-state index in [1.165, 1.54) is 17.4 Å².